The van der Waals surface area contributed by atoms with Crippen LogP contribution in [0.2, 0.25) is 0 Å². The zero-order valence-corrected chi connectivity index (χ0v) is 41.7. The van der Waals surface area contributed by atoms with Crippen molar-refractivity contribution >= 4 is 0 Å². The van der Waals surface area contributed by atoms with Crippen molar-refractivity contribution in [2.45, 2.75) is 19.3 Å². The Morgan fingerprint density at radius 1 is 0.240 bits per heavy atom. The predicted molar refractivity (Wildman–Crippen MR) is 308 cm³/mol. The standard InChI is InChI=1S/C70H51N5/c1-70(2,57-18-15-17-52(46-57)68-27-11-14-40-73-68)65-47-53(69-74-41-16-42-75-69)36-37-64(65)63-24-8-7-23-62(63)56-44-54(60-21-5-3-19-58(60)48-28-32-50(33-29-48)66-25-9-12-38-71-66)43-55(45-56)61-22-6-4-20-59(61)49-30-34-51(35-31-49)67-26-10-13-39-72-67/h3-47H,1-2H3. The third kappa shape index (κ3) is 9.47. The van der Waals surface area contributed by atoms with Gasteiger partial charge in [-0.1, -0.05) is 184 Å². The molecule has 12 aromatic rings. The van der Waals surface area contributed by atoms with Crippen LogP contribution in [0.5, 0.6) is 0 Å². The van der Waals surface area contributed by atoms with Gasteiger partial charge >= 0.3 is 0 Å². The Labute approximate surface area is 438 Å². The van der Waals surface area contributed by atoms with E-state index in [-0.39, 0.29) is 0 Å². The summed E-state index contributed by atoms with van der Waals surface area (Å²) < 4.78 is 0. The van der Waals surface area contributed by atoms with Crippen LogP contribution < -0.4 is 0 Å². The van der Waals surface area contributed by atoms with Gasteiger partial charge in [0.25, 0.3) is 0 Å². The van der Waals surface area contributed by atoms with E-state index in [1.807, 2.05) is 73.4 Å². The van der Waals surface area contributed by atoms with Gasteiger partial charge in [-0.2, -0.15) is 0 Å². The molecular weight excluding hydrogens is 911 g/mol. The average Bonchev–Trinajstić information content (AvgIpc) is 3.50. The number of hydrogen-bond donors (Lipinski definition) is 0. The number of aromatic nitrogens is 5. The van der Waals surface area contributed by atoms with Crippen molar-refractivity contribution in [2.24, 2.45) is 0 Å². The Morgan fingerprint density at radius 3 is 1.09 bits per heavy atom. The highest BCUT2D eigenvalue weighted by molar-refractivity contribution is 5.95. The molecule has 0 atom stereocenters. The summed E-state index contributed by atoms with van der Waals surface area (Å²) >= 11 is 0. The first-order valence-electron chi connectivity index (χ1n) is 25.4. The van der Waals surface area contributed by atoms with Crippen LogP contribution in [-0.2, 0) is 5.41 Å². The third-order valence-corrected chi connectivity index (χ3v) is 14.3. The van der Waals surface area contributed by atoms with Crippen molar-refractivity contribution in [3.63, 3.8) is 0 Å². The van der Waals surface area contributed by atoms with Gasteiger partial charge in [0.1, 0.15) is 0 Å². The van der Waals surface area contributed by atoms with Crippen LogP contribution in [0, 0.1) is 0 Å². The van der Waals surface area contributed by atoms with Crippen molar-refractivity contribution in [3.05, 3.63) is 285 Å². The van der Waals surface area contributed by atoms with E-state index in [4.69, 9.17) is 15.0 Å². The molecule has 0 saturated heterocycles. The molecule has 8 aromatic carbocycles. The Kier molecular flexibility index (Phi) is 12.6. The molecular formula is C70H51N5. The molecule has 0 saturated carbocycles. The molecule has 5 heteroatoms. The highest BCUT2D eigenvalue weighted by atomic mass is 14.8. The minimum Gasteiger partial charge on any atom is -0.256 e. The maximum Gasteiger partial charge on any atom is 0.159 e. The van der Waals surface area contributed by atoms with Gasteiger partial charge in [0.05, 0.1) is 17.1 Å². The van der Waals surface area contributed by atoms with Crippen LogP contribution in [0.15, 0.2) is 274 Å². The number of benzene rings is 8. The summed E-state index contributed by atoms with van der Waals surface area (Å²) in [7, 11) is 0. The molecule has 4 heterocycles. The highest BCUT2D eigenvalue weighted by Crippen LogP contribution is 2.46. The van der Waals surface area contributed by atoms with E-state index in [1.165, 1.54) is 5.56 Å². The molecule has 0 aliphatic carbocycles. The lowest BCUT2D eigenvalue weighted by atomic mass is 9.73. The lowest BCUT2D eigenvalue weighted by Crippen LogP contribution is -2.20. The molecule has 0 amide bonds. The predicted octanol–water partition coefficient (Wildman–Crippen LogP) is 17.7. The molecule has 0 spiro atoms. The van der Waals surface area contributed by atoms with Crippen molar-refractivity contribution < 1.29 is 0 Å². The first-order valence-corrected chi connectivity index (χ1v) is 25.4. The normalized spacial score (nSPS) is 11.3. The molecule has 5 nitrogen and oxygen atoms in total. The van der Waals surface area contributed by atoms with Crippen molar-refractivity contribution in [3.8, 4) is 112 Å². The van der Waals surface area contributed by atoms with Gasteiger partial charge in [0.15, 0.2) is 5.82 Å². The molecule has 0 fully saturated rings. The average molecular weight is 962 g/mol. The van der Waals surface area contributed by atoms with E-state index < -0.39 is 5.41 Å². The maximum absolute atomic E-state index is 4.72. The van der Waals surface area contributed by atoms with Gasteiger partial charge in [0.2, 0.25) is 0 Å². The lowest BCUT2D eigenvalue weighted by Gasteiger charge is -2.30. The van der Waals surface area contributed by atoms with Gasteiger partial charge in [-0.15, -0.1) is 0 Å². The summed E-state index contributed by atoms with van der Waals surface area (Å²) in [6.45, 7) is 4.64. The molecule has 4 aromatic heterocycles. The molecule has 356 valence electrons. The molecule has 0 N–H and O–H groups in total. The zero-order chi connectivity index (χ0) is 50.6. The minimum atomic E-state index is -0.471. The van der Waals surface area contributed by atoms with E-state index in [0.717, 1.165) is 112 Å². The fourth-order valence-corrected chi connectivity index (χ4v) is 10.4. The smallest absolute Gasteiger partial charge is 0.159 e. The topological polar surface area (TPSA) is 64.5 Å². The fraction of sp³-hybridized carbons (Fsp3) is 0.0429. The van der Waals surface area contributed by atoms with Gasteiger partial charge in [-0.3, -0.25) is 15.0 Å². The summed E-state index contributed by atoms with van der Waals surface area (Å²) in [5.74, 6) is 0.684. The van der Waals surface area contributed by atoms with E-state index in [1.54, 1.807) is 0 Å². The fourth-order valence-electron chi connectivity index (χ4n) is 10.4. The minimum absolute atomic E-state index is 0.471. The van der Waals surface area contributed by atoms with Crippen molar-refractivity contribution in [1.82, 2.24) is 24.9 Å². The number of pyridine rings is 3. The van der Waals surface area contributed by atoms with E-state index in [2.05, 4.69) is 224 Å². The second-order valence-corrected chi connectivity index (χ2v) is 19.3. The summed E-state index contributed by atoms with van der Waals surface area (Å²) in [6.07, 6.45) is 9.15. The Morgan fingerprint density at radius 2 is 0.627 bits per heavy atom. The van der Waals surface area contributed by atoms with Gasteiger partial charge < -0.3 is 0 Å². The molecule has 0 unspecified atom stereocenters. The summed E-state index contributed by atoms with van der Waals surface area (Å²) in [4.78, 5) is 23.4. The number of hydrogen-bond acceptors (Lipinski definition) is 5. The van der Waals surface area contributed by atoms with Crippen LogP contribution in [0.25, 0.3) is 112 Å². The van der Waals surface area contributed by atoms with Crippen molar-refractivity contribution in [1.29, 1.82) is 0 Å². The van der Waals surface area contributed by atoms with E-state index in [0.29, 0.717) is 5.82 Å². The van der Waals surface area contributed by atoms with E-state index in [9.17, 15) is 0 Å². The summed E-state index contributed by atoms with van der Waals surface area (Å²) in [5.41, 5.74) is 22.5. The molecule has 75 heavy (non-hydrogen) atoms. The third-order valence-electron chi connectivity index (χ3n) is 14.3. The quantitative estimate of drug-likeness (QED) is 0.122. The largest absolute Gasteiger partial charge is 0.256 e. The van der Waals surface area contributed by atoms with E-state index >= 15 is 0 Å². The van der Waals surface area contributed by atoms with Crippen molar-refractivity contribution in [2.75, 3.05) is 0 Å². The number of rotatable bonds is 12. The first kappa shape index (κ1) is 46.4. The Hall–Kier alpha value is -9.71. The van der Waals surface area contributed by atoms with Gasteiger partial charge in [0, 0.05) is 58.7 Å². The zero-order valence-electron chi connectivity index (χ0n) is 41.7. The molecule has 0 aliphatic heterocycles. The summed E-state index contributed by atoms with van der Waals surface area (Å²) in [6, 6.07) is 86.6. The van der Waals surface area contributed by atoms with Crippen LogP contribution in [0.3, 0.4) is 0 Å². The molecule has 0 aliphatic rings. The Balaban J connectivity index is 1.04. The first-order chi connectivity index (χ1) is 36.9. The Bertz CT molecular complexity index is 3790. The maximum atomic E-state index is 4.72. The molecule has 0 radical (unpaired) electrons. The second kappa shape index (κ2) is 20.4. The number of nitrogens with zero attached hydrogens (tertiary/aromatic N) is 5. The second-order valence-electron chi connectivity index (χ2n) is 19.3. The van der Waals surface area contributed by atoms with Crippen LogP contribution in [0.1, 0.15) is 25.0 Å². The van der Waals surface area contributed by atoms with Gasteiger partial charge in [-0.05, 0) is 151 Å². The summed E-state index contributed by atoms with van der Waals surface area (Å²) in [5, 5.41) is 0. The van der Waals surface area contributed by atoms with Crippen LogP contribution >= 0.6 is 0 Å². The highest BCUT2D eigenvalue weighted by Gasteiger charge is 2.29. The van der Waals surface area contributed by atoms with Crippen LogP contribution in [-0.4, -0.2) is 24.9 Å². The molecule has 0 bridgehead atoms. The SMILES string of the molecule is CC(C)(c1cccc(-c2ccccn2)c1)c1cc(-c2ncccn2)ccc1-c1ccccc1-c1cc(-c2ccccc2-c2ccc(-c3ccccn3)cc2)cc(-c2ccccc2-c2ccc(-c3ccccn3)cc2)c1. The van der Waals surface area contributed by atoms with Crippen LogP contribution in [0.4, 0.5) is 0 Å². The molecule has 12 rings (SSSR count). The lowest BCUT2D eigenvalue weighted by molar-refractivity contribution is 0.643. The monoisotopic (exact) mass is 961 g/mol. The van der Waals surface area contributed by atoms with Gasteiger partial charge in [-0.25, -0.2) is 9.97 Å².